The van der Waals surface area contributed by atoms with Crippen LogP contribution in [-0.2, 0) is 4.79 Å². The van der Waals surface area contributed by atoms with Gasteiger partial charge in [0.2, 0.25) is 5.91 Å². The molecule has 0 bridgehead atoms. The highest BCUT2D eigenvalue weighted by atomic mass is 32.2. The molecule has 18 heteroatoms. The summed E-state index contributed by atoms with van der Waals surface area (Å²) >= 11 is 1.95. The highest BCUT2D eigenvalue weighted by Gasteiger charge is 2.34. The van der Waals surface area contributed by atoms with Gasteiger partial charge in [-0.2, -0.15) is 18.2 Å². The number of anilines is 2. The topological polar surface area (TPSA) is 106 Å². The van der Waals surface area contributed by atoms with Gasteiger partial charge in [0, 0.05) is 11.1 Å². The summed E-state index contributed by atoms with van der Waals surface area (Å²) in [7, 11) is 0. The molecule has 0 spiro atoms. The first-order chi connectivity index (χ1) is 22.1. The molecule has 3 amide bonds. The zero-order chi connectivity index (χ0) is 33.9. The lowest BCUT2D eigenvalue weighted by atomic mass is 10.2. The molecule has 1 N–H and O–H groups in total. The molecule has 0 radical (unpaired) electrons. The third kappa shape index (κ3) is 8.76. The van der Waals surface area contributed by atoms with Crippen molar-refractivity contribution in [2.24, 2.45) is 4.99 Å². The van der Waals surface area contributed by atoms with E-state index in [4.69, 9.17) is 4.74 Å². The Morgan fingerprint density at radius 2 is 1.66 bits per heavy atom. The van der Waals surface area contributed by atoms with Gasteiger partial charge in [-0.3, -0.25) is 9.69 Å². The highest BCUT2D eigenvalue weighted by molar-refractivity contribution is 8.15. The standard InChI is InChI=1S/C29H20F7N5O4S2/c1-15-2-9-22(44-11-10-28(31,32)33)21(12-15)41-23(42)14-46-27(41)38-26(43)37-20-8-5-17(13-19(20)30)25-40-39-24(47-25)16-3-6-18(7-4-16)45-29(34,35)36/h2-9,12-13H,10-11,14H2,1H3,(H,37,43)/b38-27-. The highest BCUT2D eigenvalue weighted by Crippen LogP contribution is 2.37. The van der Waals surface area contributed by atoms with Crippen LogP contribution < -0.4 is 19.7 Å². The summed E-state index contributed by atoms with van der Waals surface area (Å²) in [6.45, 7) is 1.01. The molecule has 1 fully saturated rings. The first-order valence-electron chi connectivity index (χ1n) is 13.3. The molecule has 47 heavy (non-hydrogen) atoms. The Balaban J connectivity index is 1.29. The normalized spacial score (nSPS) is 14.5. The number of carbonyl (C=O) groups is 2. The lowest BCUT2D eigenvalue weighted by molar-refractivity contribution is -0.274. The molecule has 5 rings (SSSR count). The molecule has 1 aliphatic rings. The van der Waals surface area contributed by atoms with E-state index in [2.05, 4.69) is 25.2 Å². The van der Waals surface area contributed by atoms with Gasteiger partial charge in [-0.25, -0.2) is 9.18 Å². The van der Waals surface area contributed by atoms with Gasteiger partial charge in [-0.15, -0.1) is 23.4 Å². The van der Waals surface area contributed by atoms with E-state index < -0.39 is 49.1 Å². The Hall–Kier alpha value is -4.71. The number of aliphatic imine (C=N–C) groups is 1. The number of benzene rings is 3. The van der Waals surface area contributed by atoms with Crippen molar-refractivity contribution < 1.29 is 49.8 Å². The lowest BCUT2D eigenvalue weighted by Gasteiger charge is -2.20. The summed E-state index contributed by atoms with van der Waals surface area (Å²) in [5, 5.41) is 10.9. The number of alkyl halides is 6. The van der Waals surface area contributed by atoms with Crippen molar-refractivity contribution in [2.45, 2.75) is 25.9 Å². The number of thioether (sulfide) groups is 1. The summed E-state index contributed by atoms with van der Waals surface area (Å²) in [4.78, 5) is 30.5. The van der Waals surface area contributed by atoms with Crippen molar-refractivity contribution in [3.05, 3.63) is 72.0 Å². The maximum absolute atomic E-state index is 15.0. The number of aryl methyl sites for hydroxylation is 1. The van der Waals surface area contributed by atoms with Gasteiger partial charge >= 0.3 is 18.6 Å². The Morgan fingerprint density at radius 3 is 2.32 bits per heavy atom. The first kappa shape index (κ1) is 33.6. The van der Waals surface area contributed by atoms with E-state index in [0.717, 1.165) is 46.2 Å². The number of amides is 3. The number of nitrogens with zero attached hydrogens (tertiary/aromatic N) is 4. The molecular weight excluding hydrogens is 679 g/mol. The molecule has 9 nitrogen and oxygen atoms in total. The van der Waals surface area contributed by atoms with Crippen LogP contribution in [0.5, 0.6) is 11.5 Å². The summed E-state index contributed by atoms with van der Waals surface area (Å²) in [6, 6.07) is 12.3. The Bertz CT molecular complexity index is 1830. The number of nitrogens with one attached hydrogen (secondary N) is 1. The minimum atomic E-state index is -4.83. The van der Waals surface area contributed by atoms with Crippen molar-refractivity contribution in [1.82, 2.24) is 10.2 Å². The second kappa shape index (κ2) is 13.6. The SMILES string of the molecule is Cc1ccc(OCCC(F)(F)F)c(N2C(=O)CS/C2=N\C(=O)Nc2ccc(-c3nnc(-c4ccc(OC(F)(F)F)cc4)s3)cc2F)c1. The van der Waals surface area contributed by atoms with Gasteiger partial charge in [-0.05, 0) is 67.1 Å². The maximum Gasteiger partial charge on any atom is 0.573 e. The van der Waals surface area contributed by atoms with Crippen LogP contribution in [0.1, 0.15) is 12.0 Å². The Morgan fingerprint density at radius 1 is 0.979 bits per heavy atom. The number of amidine groups is 1. The van der Waals surface area contributed by atoms with Gasteiger partial charge in [0.1, 0.15) is 27.3 Å². The molecule has 1 aliphatic heterocycles. The summed E-state index contributed by atoms with van der Waals surface area (Å²) in [5.41, 5.74) is 1.27. The number of hydrogen-bond acceptors (Lipinski definition) is 8. The van der Waals surface area contributed by atoms with Crippen LogP contribution in [0.15, 0.2) is 65.7 Å². The van der Waals surface area contributed by atoms with Crippen molar-refractivity contribution in [3.63, 3.8) is 0 Å². The fraction of sp³-hybridized carbons (Fsp3) is 0.207. The van der Waals surface area contributed by atoms with Gasteiger partial charge < -0.3 is 14.8 Å². The van der Waals surface area contributed by atoms with Gasteiger partial charge in [0.15, 0.2) is 5.17 Å². The lowest BCUT2D eigenvalue weighted by Crippen LogP contribution is -2.31. The van der Waals surface area contributed by atoms with Crippen molar-refractivity contribution in [1.29, 1.82) is 0 Å². The van der Waals surface area contributed by atoms with Crippen LogP contribution in [-0.4, -0.2) is 52.2 Å². The van der Waals surface area contributed by atoms with E-state index >= 15 is 4.39 Å². The third-order valence-electron chi connectivity index (χ3n) is 6.18. The molecule has 1 aromatic heterocycles. The number of urea groups is 1. The largest absolute Gasteiger partial charge is 0.573 e. The predicted molar refractivity (Wildman–Crippen MR) is 161 cm³/mol. The van der Waals surface area contributed by atoms with E-state index in [1.807, 2.05) is 0 Å². The van der Waals surface area contributed by atoms with Crippen LogP contribution in [0.4, 0.5) is 46.9 Å². The monoisotopic (exact) mass is 699 g/mol. The van der Waals surface area contributed by atoms with Gasteiger partial charge in [0.25, 0.3) is 0 Å². The Labute approximate surface area is 269 Å². The maximum atomic E-state index is 15.0. The summed E-state index contributed by atoms with van der Waals surface area (Å²) in [6.07, 6.45) is -10.5. The fourth-order valence-corrected chi connectivity index (χ4v) is 5.82. The zero-order valence-electron chi connectivity index (χ0n) is 23.8. The number of carbonyl (C=O) groups excluding carboxylic acids is 2. The molecule has 0 aliphatic carbocycles. The average molecular weight is 700 g/mol. The zero-order valence-corrected chi connectivity index (χ0v) is 25.4. The van der Waals surface area contributed by atoms with Crippen LogP contribution in [0.3, 0.4) is 0 Å². The number of halogens is 7. The van der Waals surface area contributed by atoms with Crippen molar-refractivity contribution in [3.8, 4) is 32.6 Å². The first-order valence-corrected chi connectivity index (χ1v) is 15.1. The predicted octanol–water partition coefficient (Wildman–Crippen LogP) is 8.22. The molecule has 0 unspecified atom stereocenters. The molecule has 246 valence electrons. The quantitative estimate of drug-likeness (QED) is 0.185. The molecule has 1 saturated heterocycles. The number of hydrogen-bond donors (Lipinski definition) is 1. The van der Waals surface area contributed by atoms with Crippen molar-refractivity contribution in [2.75, 3.05) is 22.6 Å². The number of rotatable bonds is 8. The summed E-state index contributed by atoms with van der Waals surface area (Å²) in [5.74, 6) is -1.88. The van der Waals surface area contributed by atoms with Crippen LogP contribution in [0.2, 0.25) is 0 Å². The molecule has 2 heterocycles. The Kier molecular flexibility index (Phi) is 9.71. The smallest absolute Gasteiger partial charge is 0.491 e. The van der Waals surface area contributed by atoms with Gasteiger partial charge in [-0.1, -0.05) is 29.2 Å². The van der Waals surface area contributed by atoms with E-state index in [1.165, 1.54) is 36.4 Å². The number of aromatic nitrogens is 2. The van der Waals surface area contributed by atoms with E-state index in [0.29, 0.717) is 21.7 Å². The van der Waals surface area contributed by atoms with Gasteiger partial charge in [0.05, 0.1) is 30.2 Å². The van der Waals surface area contributed by atoms with E-state index in [9.17, 15) is 35.9 Å². The molecule has 3 aromatic carbocycles. The van der Waals surface area contributed by atoms with Crippen molar-refractivity contribution >= 4 is 51.6 Å². The third-order valence-corrected chi connectivity index (χ3v) is 8.12. The molecule has 0 atom stereocenters. The molecule has 4 aromatic rings. The van der Waals surface area contributed by atoms with Crippen LogP contribution in [0.25, 0.3) is 21.1 Å². The minimum absolute atomic E-state index is 0.0160. The second-order valence-electron chi connectivity index (χ2n) is 9.71. The fourth-order valence-electron chi connectivity index (χ4n) is 4.12. The van der Waals surface area contributed by atoms with E-state index in [1.54, 1.807) is 13.0 Å². The second-order valence-corrected chi connectivity index (χ2v) is 11.6. The van der Waals surface area contributed by atoms with Crippen LogP contribution >= 0.6 is 23.1 Å². The summed E-state index contributed by atoms with van der Waals surface area (Å²) < 4.78 is 99.4. The average Bonchev–Trinajstić information content (AvgIpc) is 3.61. The van der Waals surface area contributed by atoms with E-state index in [-0.39, 0.29) is 33.1 Å². The molecule has 0 saturated carbocycles. The molecular formula is C29H20F7N5O4S2. The number of ether oxygens (including phenoxy) is 2. The van der Waals surface area contributed by atoms with Crippen LogP contribution in [0, 0.1) is 12.7 Å². The minimum Gasteiger partial charge on any atom is -0.491 e.